The van der Waals surface area contributed by atoms with Gasteiger partial charge in [0.25, 0.3) is 0 Å². The number of aromatic nitrogens is 3. The summed E-state index contributed by atoms with van der Waals surface area (Å²) in [6.07, 6.45) is 1.68. The lowest BCUT2D eigenvalue weighted by Crippen LogP contribution is -1.92. The summed E-state index contributed by atoms with van der Waals surface area (Å²) >= 11 is 0. The van der Waals surface area contributed by atoms with E-state index in [1.54, 1.807) is 6.33 Å². The Kier molecular flexibility index (Phi) is 2.27. The van der Waals surface area contributed by atoms with Gasteiger partial charge in [-0.3, -0.25) is 4.98 Å². The van der Waals surface area contributed by atoms with Crippen LogP contribution in [0.25, 0.3) is 21.9 Å². The monoisotopic (exact) mass is 236 g/mol. The summed E-state index contributed by atoms with van der Waals surface area (Å²) in [5.41, 5.74) is 4.74. The predicted octanol–water partition coefficient (Wildman–Crippen LogP) is 3.05. The fraction of sp³-hybridized carbons (Fsp3) is 0.214. The number of nitriles is 1. The number of rotatable bonds is 1. The first-order valence-electron chi connectivity index (χ1n) is 5.83. The van der Waals surface area contributed by atoms with Crippen LogP contribution < -0.4 is 0 Å². The van der Waals surface area contributed by atoms with Gasteiger partial charge < -0.3 is 4.98 Å². The molecule has 4 heteroatoms. The summed E-state index contributed by atoms with van der Waals surface area (Å²) in [6.45, 7) is 3.86. The number of imidazole rings is 1. The number of nitrogens with zero attached hydrogens (tertiary/aromatic N) is 3. The number of nitrogens with one attached hydrogen (secondary N) is 1. The number of benzene rings is 1. The Hall–Kier alpha value is -2.41. The van der Waals surface area contributed by atoms with Crippen LogP contribution in [-0.4, -0.2) is 15.0 Å². The quantitative estimate of drug-likeness (QED) is 0.706. The summed E-state index contributed by atoms with van der Waals surface area (Å²) in [6, 6.07) is 8.18. The van der Waals surface area contributed by atoms with Crippen molar-refractivity contribution >= 4 is 21.9 Å². The molecule has 88 valence electrons. The zero-order chi connectivity index (χ0) is 12.7. The van der Waals surface area contributed by atoms with Crippen LogP contribution in [-0.2, 0) is 0 Å². The fourth-order valence-corrected chi connectivity index (χ4v) is 2.20. The first-order valence-corrected chi connectivity index (χ1v) is 5.83. The molecule has 0 bridgehead atoms. The van der Waals surface area contributed by atoms with Crippen molar-refractivity contribution in [2.45, 2.75) is 19.8 Å². The van der Waals surface area contributed by atoms with Gasteiger partial charge in [-0.15, -0.1) is 0 Å². The second-order valence-corrected chi connectivity index (χ2v) is 4.45. The van der Waals surface area contributed by atoms with Gasteiger partial charge in [-0.05, 0) is 31.5 Å². The number of pyridine rings is 1. The van der Waals surface area contributed by atoms with Crippen molar-refractivity contribution < 1.29 is 0 Å². The molecule has 0 aliphatic heterocycles. The summed E-state index contributed by atoms with van der Waals surface area (Å²) in [7, 11) is 0. The van der Waals surface area contributed by atoms with Gasteiger partial charge in [-0.1, -0.05) is 6.07 Å². The summed E-state index contributed by atoms with van der Waals surface area (Å²) in [5.74, 6) is -0.121. The van der Waals surface area contributed by atoms with Crippen molar-refractivity contribution in [3.8, 4) is 6.07 Å². The average Bonchev–Trinajstić information content (AvgIpc) is 2.88. The number of aryl methyl sites for hydroxylation is 1. The number of aromatic amines is 1. The standard InChI is InChI=1S/C14H12N4/c1-8(6-15)10-3-4-12-11(5-10)14-13(9(2)18-12)16-7-17-14/h3-5,7-8H,1-2H3,(H,16,17). The minimum Gasteiger partial charge on any atom is -0.343 e. The zero-order valence-electron chi connectivity index (χ0n) is 10.2. The van der Waals surface area contributed by atoms with Crippen molar-refractivity contribution in [1.29, 1.82) is 5.26 Å². The van der Waals surface area contributed by atoms with E-state index in [2.05, 4.69) is 21.0 Å². The smallest absolute Gasteiger partial charge is 0.0995 e. The number of hydrogen-bond donors (Lipinski definition) is 1. The molecule has 0 radical (unpaired) electrons. The van der Waals surface area contributed by atoms with E-state index < -0.39 is 0 Å². The minimum atomic E-state index is -0.121. The molecule has 3 aromatic rings. The molecular weight excluding hydrogens is 224 g/mol. The topological polar surface area (TPSA) is 65.4 Å². The van der Waals surface area contributed by atoms with Crippen molar-refractivity contribution in [3.63, 3.8) is 0 Å². The molecule has 2 heterocycles. The van der Waals surface area contributed by atoms with Crippen LogP contribution in [0.4, 0.5) is 0 Å². The summed E-state index contributed by atoms with van der Waals surface area (Å²) < 4.78 is 0. The van der Waals surface area contributed by atoms with E-state index in [-0.39, 0.29) is 5.92 Å². The van der Waals surface area contributed by atoms with E-state index >= 15 is 0 Å². The van der Waals surface area contributed by atoms with E-state index in [9.17, 15) is 0 Å². The van der Waals surface area contributed by atoms with Gasteiger partial charge in [0, 0.05) is 5.39 Å². The zero-order valence-corrected chi connectivity index (χ0v) is 10.2. The van der Waals surface area contributed by atoms with E-state index in [4.69, 9.17) is 5.26 Å². The Morgan fingerprint density at radius 3 is 3.00 bits per heavy atom. The van der Waals surface area contributed by atoms with Gasteiger partial charge in [0.15, 0.2) is 0 Å². The predicted molar refractivity (Wildman–Crippen MR) is 70.2 cm³/mol. The molecule has 1 unspecified atom stereocenters. The third-order valence-corrected chi connectivity index (χ3v) is 3.26. The van der Waals surface area contributed by atoms with Crippen LogP contribution in [0.1, 0.15) is 24.1 Å². The highest BCUT2D eigenvalue weighted by atomic mass is 14.9. The molecular formula is C14H12N4. The molecule has 1 aromatic carbocycles. The Morgan fingerprint density at radius 2 is 2.22 bits per heavy atom. The molecule has 0 amide bonds. The molecule has 2 aromatic heterocycles. The molecule has 0 fully saturated rings. The molecule has 0 spiro atoms. The third-order valence-electron chi connectivity index (χ3n) is 3.26. The Bertz CT molecular complexity index is 779. The lowest BCUT2D eigenvalue weighted by molar-refractivity contribution is 0.984. The molecule has 3 rings (SSSR count). The maximum atomic E-state index is 8.99. The van der Waals surface area contributed by atoms with Gasteiger partial charge in [0.05, 0.1) is 40.6 Å². The molecule has 0 saturated carbocycles. The van der Waals surface area contributed by atoms with E-state index in [1.807, 2.05) is 32.0 Å². The van der Waals surface area contributed by atoms with Crippen molar-refractivity contribution in [3.05, 3.63) is 35.8 Å². The second-order valence-electron chi connectivity index (χ2n) is 4.45. The lowest BCUT2D eigenvalue weighted by atomic mass is 10.00. The SMILES string of the molecule is Cc1nc2ccc(C(C)C#N)cc2c2nc[nH]c12. The van der Waals surface area contributed by atoms with E-state index in [0.29, 0.717) is 0 Å². The maximum absolute atomic E-state index is 8.99. The van der Waals surface area contributed by atoms with Gasteiger partial charge in [-0.25, -0.2) is 4.98 Å². The lowest BCUT2D eigenvalue weighted by Gasteiger charge is -2.06. The van der Waals surface area contributed by atoms with Crippen LogP contribution >= 0.6 is 0 Å². The number of hydrogen-bond acceptors (Lipinski definition) is 3. The molecule has 1 atom stereocenters. The summed E-state index contributed by atoms with van der Waals surface area (Å²) in [5, 5.41) is 9.99. The second kappa shape index (κ2) is 3.81. The van der Waals surface area contributed by atoms with Crippen molar-refractivity contribution in [1.82, 2.24) is 15.0 Å². The third kappa shape index (κ3) is 1.45. The Labute approximate surface area is 104 Å². The van der Waals surface area contributed by atoms with E-state index in [1.165, 1.54) is 0 Å². The van der Waals surface area contributed by atoms with Gasteiger partial charge in [-0.2, -0.15) is 5.26 Å². The Morgan fingerprint density at radius 1 is 1.39 bits per heavy atom. The molecule has 0 aliphatic rings. The maximum Gasteiger partial charge on any atom is 0.0995 e. The Balaban J connectivity index is 2.39. The highest BCUT2D eigenvalue weighted by molar-refractivity contribution is 6.03. The number of fused-ring (bicyclic) bond motifs is 3. The summed E-state index contributed by atoms with van der Waals surface area (Å²) in [4.78, 5) is 12.0. The molecule has 1 N–H and O–H groups in total. The van der Waals surface area contributed by atoms with Gasteiger partial charge >= 0.3 is 0 Å². The molecule has 4 nitrogen and oxygen atoms in total. The molecule has 0 saturated heterocycles. The van der Waals surface area contributed by atoms with Gasteiger partial charge in [0.2, 0.25) is 0 Å². The normalized spacial score (nSPS) is 12.7. The van der Waals surface area contributed by atoms with Crippen LogP contribution in [0.15, 0.2) is 24.5 Å². The first-order chi connectivity index (χ1) is 8.70. The van der Waals surface area contributed by atoms with Crippen molar-refractivity contribution in [2.24, 2.45) is 0 Å². The fourth-order valence-electron chi connectivity index (χ4n) is 2.20. The van der Waals surface area contributed by atoms with E-state index in [0.717, 1.165) is 33.2 Å². The highest BCUT2D eigenvalue weighted by Gasteiger charge is 2.10. The minimum absolute atomic E-state index is 0.121. The van der Waals surface area contributed by atoms with Crippen LogP contribution in [0.2, 0.25) is 0 Å². The molecule has 18 heavy (non-hydrogen) atoms. The number of H-pyrrole nitrogens is 1. The van der Waals surface area contributed by atoms with Crippen molar-refractivity contribution in [2.75, 3.05) is 0 Å². The molecule has 0 aliphatic carbocycles. The van der Waals surface area contributed by atoms with Gasteiger partial charge in [0.1, 0.15) is 0 Å². The highest BCUT2D eigenvalue weighted by Crippen LogP contribution is 2.26. The van der Waals surface area contributed by atoms with Crippen LogP contribution in [0.3, 0.4) is 0 Å². The van der Waals surface area contributed by atoms with Crippen LogP contribution in [0.5, 0.6) is 0 Å². The van der Waals surface area contributed by atoms with Crippen LogP contribution in [0, 0.1) is 18.3 Å². The first kappa shape index (κ1) is 10.7. The largest absolute Gasteiger partial charge is 0.343 e. The average molecular weight is 236 g/mol.